The summed E-state index contributed by atoms with van der Waals surface area (Å²) in [6.07, 6.45) is 4.47. The second kappa shape index (κ2) is 6.11. The Bertz CT molecular complexity index is 602. The molecule has 1 saturated heterocycles. The highest BCUT2D eigenvalue weighted by atomic mass is 15.3. The summed E-state index contributed by atoms with van der Waals surface area (Å²) in [7, 11) is 0. The molecule has 0 radical (unpaired) electrons. The quantitative estimate of drug-likeness (QED) is 0.768. The van der Waals surface area contributed by atoms with Crippen LogP contribution < -0.4 is 4.90 Å². The number of anilines is 1. The van der Waals surface area contributed by atoms with E-state index < -0.39 is 0 Å². The fourth-order valence-corrected chi connectivity index (χ4v) is 3.16. The SMILES string of the molecule is N#CCN1CCN(c2nc3c(cc2C#N)CCCC3)CC1. The summed E-state index contributed by atoms with van der Waals surface area (Å²) in [5.41, 5.74) is 3.13. The van der Waals surface area contributed by atoms with Gasteiger partial charge in [0, 0.05) is 31.9 Å². The molecule has 0 N–H and O–H groups in total. The van der Waals surface area contributed by atoms with Crippen molar-refractivity contribution in [3.05, 3.63) is 22.9 Å². The second-order valence-electron chi connectivity index (χ2n) is 5.71. The molecule has 1 aromatic heterocycles. The lowest BCUT2D eigenvalue weighted by atomic mass is 9.95. The zero-order valence-corrected chi connectivity index (χ0v) is 12.2. The van der Waals surface area contributed by atoms with Crippen LogP contribution in [0.2, 0.25) is 0 Å². The smallest absolute Gasteiger partial charge is 0.146 e. The van der Waals surface area contributed by atoms with E-state index in [1.54, 1.807) is 0 Å². The van der Waals surface area contributed by atoms with Gasteiger partial charge in [-0.3, -0.25) is 4.90 Å². The molecule has 108 valence electrons. The molecule has 1 aromatic rings. The van der Waals surface area contributed by atoms with Gasteiger partial charge in [-0.25, -0.2) is 4.98 Å². The summed E-state index contributed by atoms with van der Waals surface area (Å²) >= 11 is 0. The van der Waals surface area contributed by atoms with Gasteiger partial charge in [-0.1, -0.05) is 0 Å². The number of rotatable bonds is 2. The standard InChI is InChI=1S/C16H19N5/c17-5-6-20-7-9-21(10-8-20)16-14(12-18)11-13-3-1-2-4-15(13)19-16/h11H,1-4,6-10H2. The number of aryl methyl sites for hydroxylation is 2. The van der Waals surface area contributed by atoms with Crippen molar-refractivity contribution >= 4 is 5.82 Å². The lowest BCUT2D eigenvalue weighted by molar-refractivity contribution is 0.286. The van der Waals surface area contributed by atoms with Crippen LogP contribution in [-0.2, 0) is 12.8 Å². The van der Waals surface area contributed by atoms with Gasteiger partial charge in [-0.15, -0.1) is 0 Å². The Labute approximate surface area is 125 Å². The maximum absolute atomic E-state index is 9.42. The first-order valence-electron chi connectivity index (χ1n) is 7.59. The van der Waals surface area contributed by atoms with Crippen LogP contribution in [0.3, 0.4) is 0 Å². The van der Waals surface area contributed by atoms with E-state index in [4.69, 9.17) is 10.2 Å². The molecule has 1 aliphatic heterocycles. The topological polar surface area (TPSA) is 67.0 Å². The van der Waals surface area contributed by atoms with Crippen molar-refractivity contribution in [2.24, 2.45) is 0 Å². The number of nitriles is 2. The highest BCUT2D eigenvalue weighted by Crippen LogP contribution is 2.27. The van der Waals surface area contributed by atoms with Crippen LogP contribution in [0.5, 0.6) is 0 Å². The van der Waals surface area contributed by atoms with Gasteiger partial charge < -0.3 is 4.90 Å². The summed E-state index contributed by atoms with van der Waals surface area (Å²) in [6, 6.07) is 6.54. The minimum Gasteiger partial charge on any atom is -0.353 e. The normalized spacial score (nSPS) is 18.7. The van der Waals surface area contributed by atoms with Gasteiger partial charge in [0.2, 0.25) is 0 Å². The summed E-state index contributed by atoms with van der Waals surface area (Å²) in [5, 5.41) is 18.2. The van der Waals surface area contributed by atoms with Gasteiger partial charge in [0.15, 0.2) is 0 Å². The average Bonchev–Trinajstić information content (AvgIpc) is 2.54. The molecule has 1 aliphatic carbocycles. The minimum atomic E-state index is 0.483. The third-order valence-electron chi connectivity index (χ3n) is 4.37. The summed E-state index contributed by atoms with van der Waals surface area (Å²) in [5.74, 6) is 0.842. The van der Waals surface area contributed by atoms with Crippen molar-refractivity contribution in [1.82, 2.24) is 9.88 Å². The van der Waals surface area contributed by atoms with E-state index in [-0.39, 0.29) is 0 Å². The molecule has 2 heterocycles. The Morgan fingerprint density at radius 3 is 2.57 bits per heavy atom. The van der Waals surface area contributed by atoms with Gasteiger partial charge in [0.05, 0.1) is 18.2 Å². The third-order valence-corrected chi connectivity index (χ3v) is 4.37. The molecule has 1 fully saturated rings. The lowest BCUT2D eigenvalue weighted by Gasteiger charge is -2.35. The van der Waals surface area contributed by atoms with Crippen LogP contribution in [0.15, 0.2) is 6.07 Å². The maximum atomic E-state index is 9.42. The second-order valence-corrected chi connectivity index (χ2v) is 5.71. The number of hydrogen-bond acceptors (Lipinski definition) is 5. The van der Waals surface area contributed by atoms with Gasteiger partial charge in [-0.2, -0.15) is 10.5 Å². The van der Waals surface area contributed by atoms with Crippen molar-refractivity contribution in [1.29, 1.82) is 10.5 Å². The predicted octanol–water partition coefficient (Wildman–Crippen LogP) is 1.48. The van der Waals surface area contributed by atoms with Gasteiger partial charge in [0.1, 0.15) is 11.9 Å². The molecule has 3 rings (SSSR count). The van der Waals surface area contributed by atoms with E-state index in [0.29, 0.717) is 12.1 Å². The van der Waals surface area contributed by atoms with Gasteiger partial charge in [-0.05, 0) is 37.3 Å². The zero-order chi connectivity index (χ0) is 14.7. The van der Waals surface area contributed by atoms with E-state index in [2.05, 4.69) is 21.9 Å². The largest absolute Gasteiger partial charge is 0.353 e. The first kappa shape index (κ1) is 13.9. The van der Waals surface area contributed by atoms with Crippen LogP contribution in [0.25, 0.3) is 0 Å². The van der Waals surface area contributed by atoms with Crippen LogP contribution in [-0.4, -0.2) is 42.6 Å². The summed E-state index contributed by atoms with van der Waals surface area (Å²) < 4.78 is 0. The molecule has 2 aliphatic rings. The molecule has 5 heteroatoms. The Kier molecular flexibility index (Phi) is 4.03. The highest BCUT2D eigenvalue weighted by Gasteiger charge is 2.22. The number of hydrogen-bond donors (Lipinski definition) is 0. The summed E-state index contributed by atoms with van der Waals surface area (Å²) in [4.78, 5) is 9.13. The number of aromatic nitrogens is 1. The maximum Gasteiger partial charge on any atom is 0.146 e. The Morgan fingerprint density at radius 1 is 1.10 bits per heavy atom. The van der Waals surface area contributed by atoms with E-state index in [0.717, 1.165) is 44.8 Å². The fourth-order valence-electron chi connectivity index (χ4n) is 3.16. The number of piperazine rings is 1. The zero-order valence-electron chi connectivity index (χ0n) is 12.2. The third kappa shape index (κ3) is 2.84. The van der Waals surface area contributed by atoms with Crippen molar-refractivity contribution in [2.45, 2.75) is 25.7 Å². The van der Waals surface area contributed by atoms with Crippen molar-refractivity contribution in [2.75, 3.05) is 37.6 Å². The van der Waals surface area contributed by atoms with Crippen LogP contribution in [0, 0.1) is 22.7 Å². The van der Waals surface area contributed by atoms with Crippen molar-refractivity contribution in [3.63, 3.8) is 0 Å². The molecule has 21 heavy (non-hydrogen) atoms. The fraction of sp³-hybridized carbons (Fsp3) is 0.562. The number of pyridine rings is 1. The highest BCUT2D eigenvalue weighted by molar-refractivity contribution is 5.56. The molecule has 0 unspecified atom stereocenters. The molecule has 0 aromatic carbocycles. The predicted molar refractivity (Wildman–Crippen MR) is 79.9 cm³/mol. The van der Waals surface area contributed by atoms with Crippen LogP contribution in [0.4, 0.5) is 5.82 Å². The Hall–Kier alpha value is -2.11. The Balaban J connectivity index is 1.82. The molecular weight excluding hydrogens is 262 g/mol. The van der Waals surface area contributed by atoms with Crippen LogP contribution >= 0.6 is 0 Å². The first-order chi connectivity index (χ1) is 10.3. The summed E-state index contributed by atoms with van der Waals surface area (Å²) in [6.45, 7) is 3.87. The van der Waals surface area contributed by atoms with Crippen molar-refractivity contribution < 1.29 is 0 Å². The minimum absolute atomic E-state index is 0.483. The molecule has 0 atom stereocenters. The monoisotopic (exact) mass is 281 g/mol. The van der Waals surface area contributed by atoms with Gasteiger partial charge in [0.25, 0.3) is 0 Å². The first-order valence-corrected chi connectivity index (χ1v) is 7.59. The van der Waals surface area contributed by atoms with Gasteiger partial charge >= 0.3 is 0 Å². The Morgan fingerprint density at radius 2 is 1.86 bits per heavy atom. The van der Waals surface area contributed by atoms with E-state index >= 15 is 0 Å². The molecule has 0 bridgehead atoms. The average molecular weight is 281 g/mol. The van der Waals surface area contributed by atoms with E-state index in [9.17, 15) is 5.26 Å². The molecule has 0 saturated carbocycles. The van der Waals surface area contributed by atoms with Crippen molar-refractivity contribution in [3.8, 4) is 12.1 Å². The molecule has 0 amide bonds. The number of nitrogens with zero attached hydrogens (tertiary/aromatic N) is 5. The van der Waals surface area contributed by atoms with Crippen LogP contribution in [0.1, 0.15) is 29.7 Å². The molecule has 0 spiro atoms. The molecule has 5 nitrogen and oxygen atoms in total. The lowest BCUT2D eigenvalue weighted by Crippen LogP contribution is -2.47. The number of fused-ring (bicyclic) bond motifs is 1. The van der Waals surface area contributed by atoms with E-state index in [1.807, 2.05) is 6.07 Å². The molecular formula is C16H19N5. The van der Waals surface area contributed by atoms with E-state index in [1.165, 1.54) is 24.1 Å².